The molecule has 2 saturated heterocycles. The first-order chi connectivity index (χ1) is 13.4. The quantitative estimate of drug-likeness (QED) is 0.764. The van der Waals surface area contributed by atoms with Crippen LogP contribution in [0.15, 0.2) is 23.1 Å². The van der Waals surface area contributed by atoms with E-state index in [1.165, 1.54) is 16.4 Å². The number of amides is 2. The van der Waals surface area contributed by atoms with Crippen LogP contribution in [0.4, 0.5) is 5.69 Å². The number of carbonyl (C=O) groups is 2. The molecule has 2 heterocycles. The summed E-state index contributed by atoms with van der Waals surface area (Å²) in [6.07, 6.45) is 2.19. The highest BCUT2D eigenvalue weighted by molar-refractivity contribution is 7.89. The van der Waals surface area contributed by atoms with Gasteiger partial charge in [-0.3, -0.25) is 9.59 Å². The second kappa shape index (κ2) is 7.62. The van der Waals surface area contributed by atoms with Gasteiger partial charge < -0.3 is 15.0 Å². The van der Waals surface area contributed by atoms with Gasteiger partial charge in [-0.1, -0.05) is 11.6 Å². The summed E-state index contributed by atoms with van der Waals surface area (Å²) in [6, 6.07) is 4.68. The molecule has 10 heteroatoms. The Balaban J connectivity index is 1.49. The number of hydrogen-bond donors (Lipinski definition) is 1. The van der Waals surface area contributed by atoms with Crippen LogP contribution in [0.1, 0.15) is 19.3 Å². The standard InChI is InChI=1S/C18H22ClN3O5S/c19-15-4-1-13(10-16(15)28(25,26)21-5-7-27-8-6-21)20-18(24)12-9-17(23)22(11-12)14-2-3-14/h1,4,10,12,14H,2-3,5-9,11H2,(H,20,24). The highest BCUT2D eigenvalue weighted by Gasteiger charge is 2.41. The number of morpholine rings is 1. The van der Waals surface area contributed by atoms with E-state index in [1.54, 1.807) is 11.0 Å². The third-order valence-electron chi connectivity index (χ3n) is 5.30. The Hall–Kier alpha value is -1.68. The fourth-order valence-electron chi connectivity index (χ4n) is 3.60. The van der Waals surface area contributed by atoms with Crippen molar-refractivity contribution >= 4 is 39.1 Å². The van der Waals surface area contributed by atoms with Crippen LogP contribution in [0, 0.1) is 5.92 Å². The number of anilines is 1. The second-order valence-electron chi connectivity index (χ2n) is 7.33. The van der Waals surface area contributed by atoms with Gasteiger partial charge in [0.05, 0.1) is 24.2 Å². The zero-order chi connectivity index (χ0) is 19.9. The van der Waals surface area contributed by atoms with Crippen molar-refractivity contribution < 1.29 is 22.7 Å². The van der Waals surface area contributed by atoms with Gasteiger partial charge in [-0.05, 0) is 31.0 Å². The van der Waals surface area contributed by atoms with Gasteiger partial charge in [0.2, 0.25) is 21.8 Å². The predicted molar refractivity (Wildman–Crippen MR) is 103 cm³/mol. The van der Waals surface area contributed by atoms with E-state index in [-0.39, 0.29) is 47.3 Å². The van der Waals surface area contributed by atoms with Gasteiger partial charge >= 0.3 is 0 Å². The van der Waals surface area contributed by atoms with Crippen molar-refractivity contribution in [2.75, 3.05) is 38.2 Å². The minimum Gasteiger partial charge on any atom is -0.379 e. The Labute approximate surface area is 168 Å². The Bertz CT molecular complexity index is 896. The molecular formula is C18H22ClN3O5S. The van der Waals surface area contributed by atoms with Crippen molar-refractivity contribution in [2.45, 2.75) is 30.2 Å². The Morgan fingerprint density at radius 1 is 1.21 bits per heavy atom. The van der Waals surface area contributed by atoms with Crippen molar-refractivity contribution in [1.29, 1.82) is 0 Å². The van der Waals surface area contributed by atoms with Crippen LogP contribution in [-0.2, 0) is 24.3 Å². The molecule has 4 rings (SSSR count). The molecule has 1 aromatic rings. The molecule has 1 atom stereocenters. The van der Waals surface area contributed by atoms with Gasteiger partial charge in [0.25, 0.3) is 0 Å². The average Bonchev–Trinajstić information content (AvgIpc) is 3.45. The number of likely N-dealkylation sites (tertiary alicyclic amines) is 1. The van der Waals surface area contributed by atoms with Crippen LogP contribution in [0.3, 0.4) is 0 Å². The van der Waals surface area contributed by atoms with E-state index in [0.29, 0.717) is 25.4 Å². The summed E-state index contributed by atoms with van der Waals surface area (Å²) in [5.74, 6) is -0.703. The zero-order valence-electron chi connectivity index (χ0n) is 15.3. The Morgan fingerprint density at radius 3 is 2.61 bits per heavy atom. The summed E-state index contributed by atoms with van der Waals surface area (Å²) in [5, 5.41) is 2.84. The van der Waals surface area contributed by atoms with E-state index in [9.17, 15) is 18.0 Å². The molecule has 8 nitrogen and oxygen atoms in total. The van der Waals surface area contributed by atoms with Crippen molar-refractivity contribution in [2.24, 2.45) is 5.92 Å². The summed E-state index contributed by atoms with van der Waals surface area (Å²) in [4.78, 5) is 26.4. The lowest BCUT2D eigenvalue weighted by atomic mass is 10.1. The normalized spacial score (nSPS) is 23.8. The molecule has 1 N–H and O–H groups in total. The number of carbonyl (C=O) groups excluding carboxylic acids is 2. The van der Waals surface area contributed by atoms with Gasteiger partial charge in [0.15, 0.2) is 0 Å². The molecule has 28 heavy (non-hydrogen) atoms. The minimum atomic E-state index is -3.78. The number of halogens is 1. The molecule has 1 aromatic carbocycles. The van der Waals surface area contributed by atoms with Crippen LogP contribution >= 0.6 is 11.6 Å². The molecule has 2 amide bonds. The molecule has 3 aliphatic rings. The average molecular weight is 428 g/mol. The number of nitrogens with one attached hydrogen (secondary N) is 1. The van der Waals surface area contributed by atoms with E-state index in [4.69, 9.17) is 16.3 Å². The molecule has 0 radical (unpaired) electrons. The number of nitrogens with zero attached hydrogens (tertiary/aromatic N) is 2. The Morgan fingerprint density at radius 2 is 1.93 bits per heavy atom. The maximum Gasteiger partial charge on any atom is 0.244 e. The summed E-state index contributed by atoms with van der Waals surface area (Å²) in [6.45, 7) is 1.61. The molecule has 152 valence electrons. The molecule has 1 saturated carbocycles. The van der Waals surface area contributed by atoms with Crippen molar-refractivity contribution in [3.8, 4) is 0 Å². The lowest BCUT2D eigenvalue weighted by Gasteiger charge is -2.26. The third-order valence-corrected chi connectivity index (χ3v) is 7.68. The first-order valence-electron chi connectivity index (χ1n) is 9.34. The van der Waals surface area contributed by atoms with Crippen LogP contribution in [-0.4, -0.2) is 68.3 Å². The SMILES string of the molecule is O=C(Nc1ccc(Cl)c(S(=O)(=O)N2CCOCC2)c1)C1CC(=O)N(C2CC2)C1. The Kier molecular flexibility index (Phi) is 5.34. The predicted octanol–water partition coefficient (Wildman–Crippen LogP) is 1.31. The molecule has 0 aromatic heterocycles. The van der Waals surface area contributed by atoms with Gasteiger partial charge in [-0.2, -0.15) is 4.31 Å². The number of sulfonamides is 1. The van der Waals surface area contributed by atoms with Crippen molar-refractivity contribution in [3.63, 3.8) is 0 Å². The summed E-state index contributed by atoms with van der Waals surface area (Å²) < 4.78 is 32.3. The maximum absolute atomic E-state index is 12.9. The van der Waals surface area contributed by atoms with Crippen LogP contribution in [0.25, 0.3) is 0 Å². The summed E-state index contributed by atoms with van der Waals surface area (Å²) in [5.41, 5.74) is 0.346. The first kappa shape index (κ1) is 19.6. The largest absolute Gasteiger partial charge is 0.379 e. The maximum atomic E-state index is 12.9. The molecule has 0 bridgehead atoms. The van der Waals surface area contributed by atoms with E-state index in [0.717, 1.165) is 12.8 Å². The molecule has 0 spiro atoms. The zero-order valence-corrected chi connectivity index (χ0v) is 16.8. The lowest BCUT2D eigenvalue weighted by Crippen LogP contribution is -2.40. The second-order valence-corrected chi connectivity index (χ2v) is 9.64. The number of benzene rings is 1. The third kappa shape index (κ3) is 3.89. The lowest BCUT2D eigenvalue weighted by molar-refractivity contribution is -0.128. The number of ether oxygens (including phenoxy) is 1. The highest BCUT2D eigenvalue weighted by atomic mass is 35.5. The van der Waals surface area contributed by atoms with Crippen molar-refractivity contribution in [1.82, 2.24) is 9.21 Å². The van der Waals surface area contributed by atoms with Crippen LogP contribution < -0.4 is 5.32 Å². The molecular weight excluding hydrogens is 406 g/mol. The summed E-state index contributed by atoms with van der Waals surface area (Å²) >= 11 is 6.14. The number of hydrogen-bond acceptors (Lipinski definition) is 5. The molecule has 1 unspecified atom stereocenters. The fraction of sp³-hybridized carbons (Fsp3) is 0.556. The van der Waals surface area contributed by atoms with Crippen LogP contribution in [0.5, 0.6) is 0 Å². The smallest absolute Gasteiger partial charge is 0.244 e. The van der Waals surface area contributed by atoms with Crippen molar-refractivity contribution in [3.05, 3.63) is 23.2 Å². The van der Waals surface area contributed by atoms with Gasteiger partial charge in [-0.25, -0.2) is 8.42 Å². The van der Waals surface area contributed by atoms with Gasteiger partial charge in [0, 0.05) is 37.8 Å². The topological polar surface area (TPSA) is 96.0 Å². The van der Waals surface area contributed by atoms with Gasteiger partial charge in [0.1, 0.15) is 4.90 Å². The van der Waals surface area contributed by atoms with E-state index in [2.05, 4.69) is 5.32 Å². The van der Waals surface area contributed by atoms with Crippen LogP contribution in [0.2, 0.25) is 5.02 Å². The summed E-state index contributed by atoms with van der Waals surface area (Å²) in [7, 11) is -3.78. The van der Waals surface area contributed by atoms with E-state index < -0.39 is 15.9 Å². The van der Waals surface area contributed by atoms with Gasteiger partial charge in [-0.15, -0.1) is 0 Å². The van der Waals surface area contributed by atoms with E-state index in [1.807, 2.05) is 0 Å². The molecule has 3 fully saturated rings. The first-order valence-corrected chi connectivity index (χ1v) is 11.2. The fourth-order valence-corrected chi connectivity index (χ4v) is 5.50. The molecule has 2 aliphatic heterocycles. The monoisotopic (exact) mass is 427 g/mol. The minimum absolute atomic E-state index is 0.00865. The number of rotatable bonds is 5. The van der Waals surface area contributed by atoms with E-state index >= 15 is 0 Å². The highest BCUT2D eigenvalue weighted by Crippen LogP contribution is 2.33. The molecule has 1 aliphatic carbocycles.